The maximum absolute atomic E-state index is 11.6. The molecule has 0 fully saturated rings. The first-order chi connectivity index (χ1) is 21.0. The molecule has 9 heteroatoms. The number of benzene rings is 3. The number of carboxylic acid groups (broad SMARTS) is 1. The Balaban J connectivity index is 1.42. The van der Waals surface area contributed by atoms with Gasteiger partial charge in [-0.15, -0.1) is 0 Å². The van der Waals surface area contributed by atoms with Gasteiger partial charge in [0.1, 0.15) is 0 Å². The summed E-state index contributed by atoms with van der Waals surface area (Å²) in [5.74, 6) is -0.598. The van der Waals surface area contributed by atoms with Crippen LogP contribution in [-0.4, -0.2) is 36.3 Å². The number of aromatic carboxylic acids is 1. The Labute approximate surface area is 258 Å². The molecule has 1 aliphatic rings. The predicted molar refractivity (Wildman–Crippen MR) is 173 cm³/mol. The zero-order valence-electron chi connectivity index (χ0n) is 25.1. The molecule has 0 spiro atoms. The molecule has 1 aromatic heterocycles. The Morgan fingerprint density at radius 2 is 1.75 bits per heavy atom. The Morgan fingerprint density at radius 1 is 0.977 bits per heavy atom. The summed E-state index contributed by atoms with van der Waals surface area (Å²) in [7, 11) is -4.02. The third kappa shape index (κ3) is 6.54. The molecule has 44 heavy (non-hydrogen) atoms. The van der Waals surface area contributed by atoms with Crippen LogP contribution in [0.2, 0.25) is 0 Å². The number of rotatable bonds is 11. The van der Waals surface area contributed by atoms with Gasteiger partial charge < -0.3 is 14.4 Å². The average molecular weight is 614 g/mol. The van der Waals surface area contributed by atoms with Crippen molar-refractivity contribution in [3.8, 4) is 11.1 Å². The van der Waals surface area contributed by atoms with E-state index in [9.17, 15) is 18.3 Å². The first-order valence-electron chi connectivity index (χ1n) is 14.7. The van der Waals surface area contributed by atoms with Crippen LogP contribution in [-0.2, 0) is 22.1 Å². The van der Waals surface area contributed by atoms with Crippen molar-refractivity contribution in [1.29, 1.82) is 0 Å². The molecule has 3 aromatic carbocycles. The van der Waals surface area contributed by atoms with Gasteiger partial charge in [0.15, 0.2) is 6.54 Å². The van der Waals surface area contributed by atoms with Gasteiger partial charge in [-0.1, -0.05) is 68.5 Å². The summed E-state index contributed by atoms with van der Waals surface area (Å²) < 4.78 is 39.9. The van der Waals surface area contributed by atoms with Gasteiger partial charge in [-0.05, 0) is 60.4 Å². The van der Waals surface area contributed by atoms with Crippen LogP contribution >= 0.6 is 0 Å². The smallest absolute Gasteiger partial charge is 0.374 e. The first-order valence-corrected chi connectivity index (χ1v) is 16.3. The number of nitrogens with zero attached hydrogens (tertiary/aromatic N) is 2. The standard InChI is InChI=1S/C35H36N2O6S/c1-4-36-29-19-17-27(34(38)39)23-28(29)35(2,3)32(36)15-9-6-10-16-33-37(21-11-12-22-44(40,41)42)30-24-26(18-20-31(30)43-33)25-13-7-5-8-14-25/h5-10,13-20,23-24H,4,11-12,21-22H2,1-3H3,(H-,38,39,40,41,42)/p+1. The minimum Gasteiger partial charge on any atom is -0.478 e. The molecule has 0 saturated carbocycles. The van der Waals surface area contributed by atoms with Crippen molar-refractivity contribution in [2.24, 2.45) is 0 Å². The lowest BCUT2D eigenvalue weighted by Crippen LogP contribution is -2.35. The van der Waals surface area contributed by atoms with Gasteiger partial charge in [-0.3, -0.25) is 4.55 Å². The van der Waals surface area contributed by atoms with Gasteiger partial charge in [0.25, 0.3) is 15.6 Å². The van der Waals surface area contributed by atoms with Gasteiger partial charge in [0.2, 0.25) is 5.58 Å². The lowest BCUT2D eigenvalue weighted by atomic mass is 9.83. The molecule has 0 amide bonds. The van der Waals surface area contributed by atoms with Crippen molar-refractivity contribution in [3.05, 3.63) is 114 Å². The Morgan fingerprint density at radius 3 is 2.45 bits per heavy atom. The van der Waals surface area contributed by atoms with Crippen molar-refractivity contribution >= 4 is 39.0 Å². The number of hydrogen-bond donors (Lipinski definition) is 2. The van der Waals surface area contributed by atoms with E-state index in [1.54, 1.807) is 12.1 Å². The molecular formula is C35H37N2O6S+. The fourth-order valence-corrected chi connectivity index (χ4v) is 6.39. The molecule has 8 nitrogen and oxygen atoms in total. The number of carboxylic acids is 1. The molecule has 5 rings (SSSR count). The molecule has 2 N–H and O–H groups in total. The van der Waals surface area contributed by atoms with Gasteiger partial charge in [0, 0.05) is 35.8 Å². The highest BCUT2D eigenvalue weighted by Crippen LogP contribution is 2.47. The van der Waals surface area contributed by atoms with Crippen LogP contribution in [0.4, 0.5) is 5.69 Å². The number of aryl methyl sites for hydroxylation is 1. The minimum absolute atomic E-state index is 0.278. The second-order valence-electron chi connectivity index (χ2n) is 11.3. The number of aromatic nitrogens is 1. The van der Waals surface area contributed by atoms with E-state index in [2.05, 4.69) is 37.8 Å². The summed E-state index contributed by atoms with van der Waals surface area (Å²) in [6.45, 7) is 7.55. The number of carbonyl (C=O) groups is 1. The SMILES string of the molecule is CCN1C(=CC=CC=Cc2oc3ccc(-c4ccccc4)cc3[n+]2CCCCS(=O)(=O)O)C(C)(C)c2cc(C(=O)O)ccc21. The maximum Gasteiger partial charge on any atom is 0.374 e. The van der Waals surface area contributed by atoms with Crippen LogP contribution in [0.1, 0.15) is 55.4 Å². The average Bonchev–Trinajstić information content (AvgIpc) is 3.44. The third-order valence-corrected chi connectivity index (χ3v) is 8.85. The topological polar surface area (TPSA) is 112 Å². The highest BCUT2D eigenvalue weighted by molar-refractivity contribution is 7.85. The van der Waals surface area contributed by atoms with Crippen molar-refractivity contribution < 1.29 is 31.9 Å². The van der Waals surface area contributed by atoms with Crippen LogP contribution in [0.25, 0.3) is 28.3 Å². The second kappa shape index (κ2) is 12.6. The van der Waals surface area contributed by atoms with E-state index in [1.165, 1.54) is 0 Å². The highest BCUT2D eigenvalue weighted by Gasteiger charge is 2.39. The van der Waals surface area contributed by atoms with E-state index in [0.29, 0.717) is 25.3 Å². The molecule has 2 heterocycles. The van der Waals surface area contributed by atoms with Crippen molar-refractivity contribution in [1.82, 2.24) is 0 Å². The van der Waals surface area contributed by atoms with E-state index >= 15 is 0 Å². The van der Waals surface area contributed by atoms with Crippen molar-refractivity contribution in [2.75, 3.05) is 17.2 Å². The van der Waals surface area contributed by atoms with E-state index < -0.39 is 16.1 Å². The molecule has 0 radical (unpaired) electrons. The minimum atomic E-state index is -4.02. The molecule has 228 valence electrons. The highest BCUT2D eigenvalue weighted by atomic mass is 32.2. The molecule has 0 aliphatic carbocycles. The number of anilines is 1. The molecule has 0 saturated heterocycles. The fourth-order valence-electron chi connectivity index (χ4n) is 5.82. The van der Waals surface area contributed by atoms with Crippen LogP contribution in [0.3, 0.4) is 0 Å². The zero-order chi connectivity index (χ0) is 31.5. The Bertz CT molecular complexity index is 1890. The summed E-state index contributed by atoms with van der Waals surface area (Å²) in [5, 5.41) is 9.50. The third-order valence-electron chi connectivity index (χ3n) is 8.04. The number of unbranched alkanes of at least 4 members (excludes halogenated alkanes) is 1. The van der Waals surface area contributed by atoms with Crippen LogP contribution in [0.15, 0.2) is 101 Å². The maximum atomic E-state index is 11.6. The van der Waals surface area contributed by atoms with Crippen LogP contribution < -0.4 is 9.47 Å². The summed E-state index contributed by atoms with van der Waals surface area (Å²) in [5.41, 5.74) is 6.73. The van der Waals surface area contributed by atoms with Gasteiger partial charge in [-0.2, -0.15) is 13.0 Å². The second-order valence-corrected chi connectivity index (χ2v) is 12.9. The van der Waals surface area contributed by atoms with Crippen molar-refractivity contribution in [3.63, 3.8) is 0 Å². The number of hydrogen-bond acceptors (Lipinski definition) is 5. The van der Waals surface area contributed by atoms with E-state index in [4.69, 9.17) is 8.97 Å². The van der Waals surface area contributed by atoms with Gasteiger partial charge >= 0.3 is 11.9 Å². The molecule has 0 bridgehead atoms. The lowest BCUT2D eigenvalue weighted by molar-refractivity contribution is -0.678. The van der Waals surface area contributed by atoms with Gasteiger partial charge in [0.05, 0.1) is 17.4 Å². The molecule has 4 aromatic rings. The van der Waals surface area contributed by atoms with E-state index in [-0.39, 0.29) is 16.7 Å². The molecular weight excluding hydrogens is 576 g/mol. The molecule has 1 aliphatic heterocycles. The number of allylic oxidation sites excluding steroid dienone is 5. The quantitative estimate of drug-likeness (QED) is 0.0809. The molecule has 0 atom stereocenters. The van der Waals surface area contributed by atoms with E-state index in [0.717, 1.165) is 45.7 Å². The summed E-state index contributed by atoms with van der Waals surface area (Å²) >= 11 is 0. The number of likely N-dealkylation sites (N-methyl/N-ethyl adjacent to an activating group) is 1. The lowest BCUT2D eigenvalue weighted by Gasteiger charge is -2.25. The van der Waals surface area contributed by atoms with Crippen LogP contribution in [0, 0.1) is 0 Å². The largest absolute Gasteiger partial charge is 0.478 e. The number of fused-ring (bicyclic) bond motifs is 2. The monoisotopic (exact) mass is 613 g/mol. The number of oxazole rings is 1. The molecule has 0 unspecified atom stereocenters. The van der Waals surface area contributed by atoms with Crippen molar-refractivity contribution in [2.45, 2.75) is 45.6 Å². The summed E-state index contributed by atoms with van der Waals surface area (Å²) in [4.78, 5) is 13.8. The Kier molecular flexibility index (Phi) is 8.90. The first kappa shape index (κ1) is 31.0. The predicted octanol–water partition coefficient (Wildman–Crippen LogP) is 7.02. The fraction of sp³-hybridized carbons (Fsp3) is 0.257. The zero-order valence-corrected chi connectivity index (χ0v) is 25.9. The summed E-state index contributed by atoms with van der Waals surface area (Å²) in [6.07, 6.45) is 10.6. The Hall–Kier alpha value is -4.47. The van der Waals surface area contributed by atoms with Gasteiger partial charge in [-0.25, -0.2) is 4.79 Å². The summed E-state index contributed by atoms with van der Waals surface area (Å²) in [6, 6.07) is 21.4. The van der Waals surface area contributed by atoms with Crippen LogP contribution in [0.5, 0.6) is 0 Å². The normalized spacial score (nSPS) is 15.6. The van der Waals surface area contributed by atoms with E-state index in [1.807, 2.05) is 77.4 Å².